The number of aryl methyl sites for hydroxylation is 1. The normalized spacial score (nSPS) is 10.6. The number of hydrogen-bond acceptors (Lipinski definition) is 6. The lowest BCUT2D eigenvalue weighted by Crippen LogP contribution is -2.21. The van der Waals surface area contributed by atoms with Gasteiger partial charge in [-0.1, -0.05) is 6.58 Å². The van der Waals surface area contributed by atoms with E-state index in [1.54, 1.807) is 19.1 Å². The molecular weight excluding hydrogens is 408 g/mol. The van der Waals surface area contributed by atoms with Crippen LogP contribution in [-0.4, -0.2) is 28.3 Å². The maximum Gasteiger partial charge on any atom is 0.259 e. The molecule has 7 nitrogen and oxygen atoms in total. The van der Waals surface area contributed by atoms with Gasteiger partial charge in [-0.2, -0.15) is 0 Å². The summed E-state index contributed by atoms with van der Waals surface area (Å²) < 4.78 is 44.4. The minimum Gasteiger partial charge on any atom is -0.493 e. The van der Waals surface area contributed by atoms with Crippen molar-refractivity contribution in [3.8, 4) is 17.2 Å². The summed E-state index contributed by atoms with van der Waals surface area (Å²) >= 11 is 0. The predicted octanol–water partition coefficient (Wildman–Crippen LogP) is 3.81. The van der Waals surface area contributed by atoms with Crippen LogP contribution < -0.4 is 15.0 Å². The lowest BCUT2D eigenvalue weighted by molar-refractivity contribution is 0.292. The molecule has 9 heteroatoms. The minimum atomic E-state index is -0.825. The number of ether oxygens (including phenoxy) is 3. The average Bonchev–Trinajstić information content (AvgIpc) is 2.72. The fraction of sp³-hybridized carbons (Fsp3) is 0.227. The molecule has 162 valence electrons. The van der Waals surface area contributed by atoms with Gasteiger partial charge in [-0.15, -0.1) is 0 Å². The first-order valence-electron chi connectivity index (χ1n) is 9.37. The summed E-state index contributed by atoms with van der Waals surface area (Å²) in [5.41, 5.74) is 0.974. The molecule has 3 aromatic rings. The largest absolute Gasteiger partial charge is 0.493 e. The zero-order valence-electron chi connectivity index (χ0n) is 17.3. The highest BCUT2D eigenvalue weighted by Gasteiger charge is 2.15. The van der Waals surface area contributed by atoms with Gasteiger partial charge in [0.05, 0.1) is 31.8 Å². The van der Waals surface area contributed by atoms with E-state index in [2.05, 4.69) is 16.5 Å². The van der Waals surface area contributed by atoms with Gasteiger partial charge in [0, 0.05) is 23.9 Å². The lowest BCUT2D eigenvalue weighted by Gasteiger charge is -2.16. The van der Waals surface area contributed by atoms with E-state index in [0.29, 0.717) is 35.2 Å². The second kappa shape index (κ2) is 9.38. The van der Waals surface area contributed by atoms with Gasteiger partial charge in [0.25, 0.3) is 5.56 Å². The molecule has 0 atom stereocenters. The number of hydrogen-bond donors (Lipinski definition) is 0. The maximum atomic E-state index is 13.8. The third-order valence-electron chi connectivity index (χ3n) is 4.36. The molecule has 0 bridgehead atoms. The second-order valence-corrected chi connectivity index (χ2v) is 6.47. The minimum absolute atomic E-state index is 0.0712. The summed E-state index contributed by atoms with van der Waals surface area (Å²) in [5, 5.41) is 0. The van der Waals surface area contributed by atoms with Crippen molar-refractivity contribution in [1.82, 2.24) is 14.5 Å². The number of pyridine rings is 3. The van der Waals surface area contributed by atoms with Crippen LogP contribution >= 0.6 is 0 Å². The molecule has 3 aromatic heterocycles. The quantitative estimate of drug-likeness (QED) is 0.507. The molecule has 0 saturated heterocycles. The first-order valence-corrected chi connectivity index (χ1v) is 9.37. The Morgan fingerprint density at radius 3 is 2.58 bits per heavy atom. The Morgan fingerprint density at radius 2 is 1.94 bits per heavy atom. The van der Waals surface area contributed by atoms with Crippen LogP contribution in [0.4, 0.5) is 8.78 Å². The summed E-state index contributed by atoms with van der Waals surface area (Å²) in [6.45, 7) is 7.55. The van der Waals surface area contributed by atoms with E-state index < -0.39 is 17.2 Å². The molecule has 0 fully saturated rings. The molecule has 0 spiro atoms. The Labute approximate surface area is 177 Å². The van der Waals surface area contributed by atoms with Crippen LogP contribution in [0.3, 0.4) is 0 Å². The zero-order chi connectivity index (χ0) is 22.5. The van der Waals surface area contributed by atoms with Crippen molar-refractivity contribution in [1.29, 1.82) is 0 Å². The molecule has 0 aliphatic carbocycles. The van der Waals surface area contributed by atoms with Gasteiger partial charge in [-0.25, -0.2) is 13.8 Å². The molecule has 0 amide bonds. The first kappa shape index (κ1) is 21.9. The molecule has 0 aliphatic rings. The molecule has 31 heavy (non-hydrogen) atoms. The Kier molecular flexibility index (Phi) is 6.64. The smallest absolute Gasteiger partial charge is 0.259 e. The third-order valence-corrected chi connectivity index (χ3v) is 4.36. The van der Waals surface area contributed by atoms with Crippen LogP contribution in [0.15, 0.2) is 48.0 Å². The average molecular weight is 429 g/mol. The highest BCUT2D eigenvalue weighted by molar-refractivity contribution is 5.60. The van der Waals surface area contributed by atoms with Gasteiger partial charge in [-0.05, 0) is 19.9 Å². The fourth-order valence-electron chi connectivity index (χ4n) is 2.93. The third kappa shape index (κ3) is 4.88. The summed E-state index contributed by atoms with van der Waals surface area (Å²) in [6.07, 6.45) is 2.38. The van der Waals surface area contributed by atoms with Crippen molar-refractivity contribution in [3.05, 3.63) is 82.3 Å². The highest BCUT2D eigenvalue weighted by Crippen LogP contribution is 2.26. The van der Waals surface area contributed by atoms with Gasteiger partial charge < -0.3 is 14.2 Å². The van der Waals surface area contributed by atoms with Gasteiger partial charge in [-0.3, -0.25) is 14.3 Å². The van der Waals surface area contributed by atoms with E-state index >= 15 is 0 Å². The molecule has 0 radical (unpaired) electrons. The molecule has 0 unspecified atom stereocenters. The Bertz CT molecular complexity index is 1180. The van der Waals surface area contributed by atoms with Crippen molar-refractivity contribution >= 4 is 5.76 Å². The maximum absolute atomic E-state index is 13.8. The molecule has 0 aliphatic heterocycles. The molecule has 3 rings (SSSR count). The number of rotatable bonds is 8. The van der Waals surface area contributed by atoms with Crippen LogP contribution in [0.2, 0.25) is 0 Å². The summed E-state index contributed by atoms with van der Waals surface area (Å²) in [5.74, 6) is -0.641. The predicted molar refractivity (Wildman–Crippen MR) is 110 cm³/mol. The number of halogens is 2. The molecule has 0 saturated carbocycles. The zero-order valence-corrected chi connectivity index (χ0v) is 17.3. The monoisotopic (exact) mass is 429 g/mol. The van der Waals surface area contributed by atoms with Gasteiger partial charge >= 0.3 is 0 Å². The topological polar surface area (TPSA) is 75.5 Å². The Hall–Kier alpha value is -3.75. The van der Waals surface area contributed by atoms with Gasteiger partial charge in [0.2, 0.25) is 0 Å². The molecule has 0 N–H and O–H groups in total. The highest BCUT2D eigenvalue weighted by atomic mass is 19.1. The second-order valence-electron chi connectivity index (χ2n) is 6.47. The van der Waals surface area contributed by atoms with Crippen LogP contribution in [0.25, 0.3) is 11.4 Å². The van der Waals surface area contributed by atoms with Crippen LogP contribution in [0.5, 0.6) is 11.5 Å². The van der Waals surface area contributed by atoms with Crippen LogP contribution in [0, 0.1) is 18.6 Å². The molecule has 0 aromatic carbocycles. The van der Waals surface area contributed by atoms with E-state index in [0.717, 1.165) is 12.3 Å². The van der Waals surface area contributed by atoms with Gasteiger partial charge in [0.1, 0.15) is 35.3 Å². The molecule has 3 heterocycles. The van der Waals surface area contributed by atoms with E-state index in [-0.39, 0.29) is 18.1 Å². The van der Waals surface area contributed by atoms with Gasteiger partial charge in [0.15, 0.2) is 11.6 Å². The SMILES string of the molecule is C=C(OCC)c1cc(-n2c(C)cc(OCc3ncc(F)cc3F)cc2=O)c(OC)cn1. The number of methoxy groups -OCH3 is 1. The van der Waals surface area contributed by atoms with Crippen molar-refractivity contribution in [2.24, 2.45) is 0 Å². The lowest BCUT2D eigenvalue weighted by atomic mass is 10.2. The van der Waals surface area contributed by atoms with Crippen LogP contribution in [0.1, 0.15) is 24.0 Å². The first-order chi connectivity index (χ1) is 14.8. The summed E-state index contributed by atoms with van der Waals surface area (Å²) in [7, 11) is 1.47. The number of nitrogens with zero attached hydrogens (tertiary/aromatic N) is 3. The van der Waals surface area contributed by atoms with Crippen molar-refractivity contribution in [2.75, 3.05) is 13.7 Å². The van der Waals surface area contributed by atoms with Crippen molar-refractivity contribution < 1.29 is 23.0 Å². The standard InChI is InChI=1S/C22H21F2N3O4/c1-5-30-14(3)18-9-20(21(29-4)11-26-18)27-13(2)6-16(8-22(27)28)31-12-19-17(24)7-15(23)10-25-19/h6-11H,3,5,12H2,1-2,4H3. The van der Waals surface area contributed by atoms with Crippen LogP contribution in [-0.2, 0) is 11.3 Å². The van der Waals surface area contributed by atoms with E-state index in [4.69, 9.17) is 14.2 Å². The summed E-state index contributed by atoms with van der Waals surface area (Å²) in [6, 6.07) is 5.23. The van der Waals surface area contributed by atoms with Crippen molar-refractivity contribution in [2.45, 2.75) is 20.5 Å². The van der Waals surface area contributed by atoms with E-state index in [1.807, 2.05) is 6.92 Å². The molecular formula is C22H21F2N3O4. The van der Waals surface area contributed by atoms with Crippen molar-refractivity contribution in [3.63, 3.8) is 0 Å². The Morgan fingerprint density at radius 1 is 1.16 bits per heavy atom. The Balaban J connectivity index is 1.94. The summed E-state index contributed by atoms with van der Waals surface area (Å²) in [4.78, 5) is 20.8. The fourth-order valence-corrected chi connectivity index (χ4v) is 2.93. The number of aromatic nitrogens is 3. The van der Waals surface area contributed by atoms with E-state index in [9.17, 15) is 13.6 Å². The van der Waals surface area contributed by atoms with E-state index in [1.165, 1.54) is 23.9 Å².